The monoisotopic (exact) mass is 393 g/mol. The van der Waals surface area contributed by atoms with E-state index in [0.29, 0.717) is 22.5 Å². The highest BCUT2D eigenvalue weighted by molar-refractivity contribution is 6.35. The predicted molar refractivity (Wildman–Crippen MR) is 103 cm³/mol. The summed E-state index contributed by atoms with van der Waals surface area (Å²) in [7, 11) is 0. The number of hydrogen-bond acceptors (Lipinski definition) is 1. The Morgan fingerprint density at radius 3 is 2.28 bits per heavy atom. The summed E-state index contributed by atoms with van der Waals surface area (Å²) >= 11 is 18.7. The fourth-order valence-corrected chi connectivity index (χ4v) is 5.21. The smallest absolute Gasteiger partial charge is 0.223 e. The third kappa shape index (κ3) is 3.16. The van der Waals surface area contributed by atoms with Crippen molar-refractivity contribution >= 4 is 40.7 Å². The van der Waals surface area contributed by atoms with E-state index < -0.39 is 0 Å². The molecule has 1 saturated heterocycles. The third-order valence-corrected chi connectivity index (χ3v) is 6.48. The van der Waals surface area contributed by atoms with Crippen LogP contribution in [-0.2, 0) is 4.79 Å². The largest absolute Gasteiger partial charge is 0.356 e. The van der Waals surface area contributed by atoms with E-state index in [9.17, 15) is 4.79 Å². The number of amides is 1. The average Bonchev–Trinajstić information content (AvgIpc) is 2.97. The van der Waals surface area contributed by atoms with Crippen molar-refractivity contribution in [2.24, 2.45) is 11.8 Å². The second kappa shape index (κ2) is 6.83. The molecule has 1 amide bonds. The molecule has 4 rings (SSSR count). The highest BCUT2D eigenvalue weighted by Crippen LogP contribution is 2.52. The highest BCUT2D eigenvalue weighted by Gasteiger charge is 2.47. The molecule has 1 aliphatic heterocycles. The Balaban J connectivity index is 1.79. The van der Waals surface area contributed by atoms with Gasteiger partial charge in [-0.25, -0.2) is 0 Å². The van der Waals surface area contributed by atoms with Crippen LogP contribution >= 0.6 is 34.8 Å². The molecule has 2 aliphatic rings. The minimum Gasteiger partial charge on any atom is -0.356 e. The molecule has 1 N–H and O–H groups in total. The van der Waals surface area contributed by atoms with Crippen LogP contribution in [-0.4, -0.2) is 12.5 Å². The first-order valence-corrected chi connectivity index (χ1v) is 9.66. The van der Waals surface area contributed by atoms with Gasteiger partial charge in [-0.05, 0) is 66.0 Å². The number of rotatable bonds is 2. The molecule has 2 nitrogen and oxygen atoms in total. The van der Waals surface area contributed by atoms with E-state index in [1.54, 1.807) is 6.07 Å². The number of carbonyl (C=O) groups is 1. The fourth-order valence-electron chi connectivity index (χ4n) is 4.55. The lowest BCUT2D eigenvalue weighted by molar-refractivity contribution is -0.123. The first kappa shape index (κ1) is 17.2. The number of carbonyl (C=O) groups excluding carboxylic acids is 1. The SMILES string of the molecule is O=C1NCC2C1CCC(c1ccc(Cl)cc1)C2c1ccc(Cl)cc1Cl. The van der Waals surface area contributed by atoms with E-state index in [4.69, 9.17) is 34.8 Å². The minimum absolute atomic E-state index is 0.0697. The van der Waals surface area contributed by atoms with E-state index in [2.05, 4.69) is 17.4 Å². The van der Waals surface area contributed by atoms with Crippen molar-refractivity contribution in [1.82, 2.24) is 5.32 Å². The Morgan fingerprint density at radius 2 is 1.56 bits per heavy atom. The molecule has 1 heterocycles. The lowest BCUT2D eigenvalue weighted by Gasteiger charge is -2.40. The van der Waals surface area contributed by atoms with Crippen molar-refractivity contribution in [2.75, 3.05) is 6.54 Å². The molecule has 4 unspecified atom stereocenters. The van der Waals surface area contributed by atoms with Crippen LogP contribution in [0.15, 0.2) is 42.5 Å². The normalized spacial score (nSPS) is 28.5. The van der Waals surface area contributed by atoms with E-state index in [1.165, 1.54) is 5.56 Å². The lowest BCUT2D eigenvalue weighted by atomic mass is 9.63. The van der Waals surface area contributed by atoms with Crippen LogP contribution in [0.1, 0.15) is 35.8 Å². The van der Waals surface area contributed by atoms with Crippen LogP contribution in [0.3, 0.4) is 0 Å². The lowest BCUT2D eigenvalue weighted by Crippen LogP contribution is -2.32. The maximum atomic E-state index is 12.2. The van der Waals surface area contributed by atoms with E-state index in [0.717, 1.165) is 23.4 Å². The Kier molecular flexibility index (Phi) is 4.70. The second-order valence-electron chi connectivity index (χ2n) is 6.94. The highest BCUT2D eigenvalue weighted by atomic mass is 35.5. The molecule has 4 atom stereocenters. The summed E-state index contributed by atoms with van der Waals surface area (Å²) in [5, 5.41) is 5.08. The van der Waals surface area contributed by atoms with Crippen molar-refractivity contribution in [3.8, 4) is 0 Å². The molecule has 1 aliphatic carbocycles. The van der Waals surface area contributed by atoms with Crippen molar-refractivity contribution in [3.63, 3.8) is 0 Å². The van der Waals surface area contributed by atoms with Gasteiger partial charge in [0.25, 0.3) is 0 Å². The molecular formula is C20H18Cl3NO. The topological polar surface area (TPSA) is 29.1 Å². The van der Waals surface area contributed by atoms with Crippen molar-refractivity contribution in [1.29, 1.82) is 0 Å². The van der Waals surface area contributed by atoms with Gasteiger partial charge in [-0.2, -0.15) is 0 Å². The fraction of sp³-hybridized carbons (Fsp3) is 0.350. The summed E-state index contributed by atoms with van der Waals surface area (Å²) in [6.45, 7) is 0.706. The summed E-state index contributed by atoms with van der Waals surface area (Å²) in [4.78, 5) is 12.2. The maximum Gasteiger partial charge on any atom is 0.223 e. The number of halogens is 3. The average molecular weight is 395 g/mol. The standard InChI is InChI=1S/C20H18Cl3NO/c21-12-3-1-11(2-4-12)14-7-8-15-17(10-24-20(15)25)19(14)16-6-5-13(22)9-18(16)23/h1-6,9,14-15,17,19H,7-8,10H2,(H,24,25). The zero-order valence-electron chi connectivity index (χ0n) is 13.5. The van der Waals surface area contributed by atoms with Gasteiger partial charge < -0.3 is 5.32 Å². The van der Waals surface area contributed by atoms with Gasteiger partial charge in [0, 0.05) is 27.5 Å². The van der Waals surface area contributed by atoms with E-state index >= 15 is 0 Å². The maximum absolute atomic E-state index is 12.2. The van der Waals surface area contributed by atoms with Crippen LogP contribution in [0.2, 0.25) is 15.1 Å². The molecular weight excluding hydrogens is 377 g/mol. The Bertz CT molecular complexity index is 805. The Labute approximate surface area is 162 Å². The second-order valence-corrected chi connectivity index (χ2v) is 8.22. The molecule has 0 radical (unpaired) electrons. The third-order valence-electron chi connectivity index (χ3n) is 5.67. The van der Waals surface area contributed by atoms with Gasteiger partial charge in [0.2, 0.25) is 5.91 Å². The molecule has 0 aromatic heterocycles. The molecule has 1 saturated carbocycles. The number of benzene rings is 2. The van der Waals surface area contributed by atoms with Gasteiger partial charge in [-0.1, -0.05) is 53.0 Å². The minimum atomic E-state index is 0.0697. The molecule has 2 fully saturated rings. The van der Waals surface area contributed by atoms with Crippen LogP contribution in [0.4, 0.5) is 0 Å². The van der Waals surface area contributed by atoms with Crippen LogP contribution in [0, 0.1) is 11.8 Å². The summed E-state index contributed by atoms with van der Waals surface area (Å²) in [5.74, 6) is 0.990. The predicted octanol–water partition coefficient (Wildman–Crippen LogP) is 5.67. The van der Waals surface area contributed by atoms with E-state index in [-0.39, 0.29) is 23.7 Å². The summed E-state index contributed by atoms with van der Waals surface area (Å²) in [6.07, 6.45) is 1.87. The summed E-state index contributed by atoms with van der Waals surface area (Å²) in [5.41, 5.74) is 2.33. The molecule has 5 heteroatoms. The molecule has 130 valence electrons. The zero-order valence-corrected chi connectivity index (χ0v) is 15.8. The summed E-state index contributed by atoms with van der Waals surface area (Å²) < 4.78 is 0. The van der Waals surface area contributed by atoms with E-state index in [1.807, 2.05) is 24.3 Å². The zero-order chi connectivity index (χ0) is 17.6. The molecule has 0 spiro atoms. The Morgan fingerprint density at radius 1 is 0.880 bits per heavy atom. The molecule has 0 bridgehead atoms. The quantitative estimate of drug-likeness (QED) is 0.698. The van der Waals surface area contributed by atoms with Gasteiger partial charge >= 0.3 is 0 Å². The van der Waals surface area contributed by atoms with Crippen LogP contribution in [0.5, 0.6) is 0 Å². The molecule has 25 heavy (non-hydrogen) atoms. The van der Waals surface area contributed by atoms with Gasteiger partial charge in [-0.3, -0.25) is 4.79 Å². The summed E-state index contributed by atoms with van der Waals surface area (Å²) in [6, 6.07) is 13.7. The van der Waals surface area contributed by atoms with Gasteiger partial charge in [-0.15, -0.1) is 0 Å². The molecule has 2 aromatic rings. The molecule has 2 aromatic carbocycles. The van der Waals surface area contributed by atoms with Gasteiger partial charge in [0.05, 0.1) is 0 Å². The Hall–Kier alpha value is -1.22. The van der Waals surface area contributed by atoms with Gasteiger partial charge in [0.15, 0.2) is 0 Å². The van der Waals surface area contributed by atoms with Crippen molar-refractivity contribution < 1.29 is 4.79 Å². The van der Waals surface area contributed by atoms with Crippen LogP contribution < -0.4 is 5.32 Å². The first-order valence-electron chi connectivity index (χ1n) is 8.52. The number of nitrogens with one attached hydrogen (secondary N) is 1. The van der Waals surface area contributed by atoms with Crippen molar-refractivity contribution in [2.45, 2.75) is 24.7 Å². The van der Waals surface area contributed by atoms with Crippen molar-refractivity contribution in [3.05, 3.63) is 68.7 Å². The van der Waals surface area contributed by atoms with Crippen LogP contribution in [0.25, 0.3) is 0 Å². The number of fused-ring (bicyclic) bond motifs is 1. The van der Waals surface area contributed by atoms with Gasteiger partial charge in [0.1, 0.15) is 0 Å². The first-order chi connectivity index (χ1) is 12.0. The number of hydrogen-bond donors (Lipinski definition) is 1.